The lowest BCUT2D eigenvalue weighted by molar-refractivity contribution is -0.161. The Morgan fingerprint density at radius 3 is 0.710 bits per heavy atom. The number of aliphatic hydroxyl groups is 1. The van der Waals surface area contributed by atoms with Gasteiger partial charge in [0, 0.05) is 25.7 Å². The molecule has 0 aromatic rings. The number of phosphoric acid groups is 2. The monoisotopic (exact) mass is 1470 g/mol. The van der Waals surface area contributed by atoms with E-state index in [9.17, 15) is 43.2 Å². The summed E-state index contributed by atoms with van der Waals surface area (Å²) < 4.78 is 68.7. The normalized spacial score (nSPS) is 14.1. The Morgan fingerprint density at radius 2 is 0.480 bits per heavy atom. The summed E-state index contributed by atoms with van der Waals surface area (Å²) in [6.45, 7) is 7.39. The minimum absolute atomic E-state index is 0.108. The second-order valence-corrected chi connectivity index (χ2v) is 32.3. The van der Waals surface area contributed by atoms with Crippen LogP contribution < -0.4 is 0 Å². The molecule has 0 fully saturated rings. The minimum atomic E-state index is -4.96. The van der Waals surface area contributed by atoms with Crippen LogP contribution in [0.4, 0.5) is 0 Å². The topological polar surface area (TPSA) is 237 Å². The van der Waals surface area contributed by atoms with Crippen LogP contribution in [0, 0.1) is 5.92 Å². The fraction of sp³-hybridized carbons (Fsp3) is 0.951. The summed E-state index contributed by atoms with van der Waals surface area (Å²) in [7, 11) is -9.92. The third kappa shape index (κ3) is 73.0. The highest BCUT2D eigenvalue weighted by atomic mass is 31.2. The zero-order chi connectivity index (χ0) is 73.4. The zero-order valence-electron chi connectivity index (χ0n) is 65.3. The molecule has 0 heterocycles. The Kier molecular flexibility index (Phi) is 72.5. The van der Waals surface area contributed by atoms with E-state index in [4.69, 9.17) is 37.0 Å². The maximum absolute atomic E-state index is 13.1. The third-order valence-electron chi connectivity index (χ3n) is 19.4. The van der Waals surface area contributed by atoms with E-state index in [2.05, 4.69) is 34.6 Å². The molecule has 0 saturated heterocycles. The lowest BCUT2D eigenvalue weighted by Gasteiger charge is -2.21. The lowest BCUT2D eigenvalue weighted by Crippen LogP contribution is -2.30. The van der Waals surface area contributed by atoms with E-state index in [1.165, 1.54) is 257 Å². The number of esters is 4. The molecule has 3 N–H and O–H groups in total. The van der Waals surface area contributed by atoms with Crippen molar-refractivity contribution in [3.05, 3.63) is 0 Å². The molecule has 0 spiro atoms. The first-order valence-electron chi connectivity index (χ1n) is 42.2. The van der Waals surface area contributed by atoms with Crippen LogP contribution >= 0.6 is 15.6 Å². The summed E-state index contributed by atoms with van der Waals surface area (Å²) in [5.74, 6) is -1.26. The van der Waals surface area contributed by atoms with Crippen LogP contribution in [-0.4, -0.2) is 96.7 Å². The predicted molar refractivity (Wildman–Crippen MR) is 409 cm³/mol. The lowest BCUT2D eigenvalue weighted by atomic mass is 9.99. The second-order valence-electron chi connectivity index (χ2n) is 29.4. The number of hydrogen-bond donors (Lipinski definition) is 3. The van der Waals surface area contributed by atoms with Gasteiger partial charge in [0.05, 0.1) is 26.4 Å². The average Bonchev–Trinajstić information content (AvgIpc) is 1.02. The van der Waals surface area contributed by atoms with E-state index in [-0.39, 0.29) is 25.7 Å². The summed E-state index contributed by atoms with van der Waals surface area (Å²) in [6, 6.07) is 0. The van der Waals surface area contributed by atoms with Crippen molar-refractivity contribution in [1.82, 2.24) is 0 Å². The highest BCUT2D eigenvalue weighted by molar-refractivity contribution is 7.47. The number of carbonyl (C=O) groups is 4. The molecule has 0 aliphatic carbocycles. The van der Waals surface area contributed by atoms with E-state index in [0.717, 1.165) is 95.8 Å². The molecular formula is C81H158O17P2. The average molecular weight is 1470 g/mol. The molecule has 19 heteroatoms. The van der Waals surface area contributed by atoms with Crippen LogP contribution in [0.3, 0.4) is 0 Å². The van der Waals surface area contributed by atoms with Crippen LogP contribution in [0.15, 0.2) is 0 Å². The first-order valence-corrected chi connectivity index (χ1v) is 45.2. The van der Waals surface area contributed by atoms with Crippen LogP contribution in [0.1, 0.15) is 433 Å². The molecule has 0 aromatic carbocycles. The fourth-order valence-corrected chi connectivity index (χ4v) is 14.1. The molecule has 17 nitrogen and oxygen atoms in total. The van der Waals surface area contributed by atoms with Gasteiger partial charge in [-0.1, -0.05) is 381 Å². The summed E-state index contributed by atoms with van der Waals surface area (Å²) in [5, 5.41) is 10.6. The Bertz CT molecular complexity index is 1910. The third-order valence-corrected chi connectivity index (χ3v) is 21.3. The number of unbranched alkanes of at least 4 members (excludes halogenated alkanes) is 52. The van der Waals surface area contributed by atoms with Crippen molar-refractivity contribution in [3.8, 4) is 0 Å². The van der Waals surface area contributed by atoms with E-state index in [1.807, 2.05) is 0 Å². The van der Waals surface area contributed by atoms with E-state index < -0.39 is 97.5 Å². The van der Waals surface area contributed by atoms with Gasteiger partial charge in [-0.2, -0.15) is 0 Å². The van der Waals surface area contributed by atoms with Crippen molar-refractivity contribution in [2.24, 2.45) is 5.92 Å². The molecular weight excluding hydrogens is 1310 g/mol. The van der Waals surface area contributed by atoms with Crippen molar-refractivity contribution >= 4 is 39.5 Å². The van der Waals surface area contributed by atoms with Gasteiger partial charge in [-0.3, -0.25) is 37.3 Å². The maximum atomic E-state index is 13.1. The van der Waals surface area contributed by atoms with Gasteiger partial charge in [0.15, 0.2) is 12.2 Å². The molecule has 0 radical (unpaired) electrons. The van der Waals surface area contributed by atoms with Gasteiger partial charge in [0.1, 0.15) is 19.3 Å². The van der Waals surface area contributed by atoms with E-state index in [0.29, 0.717) is 25.7 Å². The van der Waals surface area contributed by atoms with Gasteiger partial charge in [-0.15, -0.1) is 0 Å². The Morgan fingerprint density at radius 1 is 0.280 bits per heavy atom. The second kappa shape index (κ2) is 73.9. The number of rotatable bonds is 81. The molecule has 3 unspecified atom stereocenters. The van der Waals surface area contributed by atoms with Crippen LogP contribution in [0.2, 0.25) is 0 Å². The number of hydrogen-bond acceptors (Lipinski definition) is 15. The predicted octanol–water partition coefficient (Wildman–Crippen LogP) is 24.4. The Labute approximate surface area is 613 Å². The Hall–Kier alpha value is -1.94. The molecule has 0 amide bonds. The summed E-state index contributed by atoms with van der Waals surface area (Å²) in [5.41, 5.74) is 0. The molecule has 0 aliphatic heterocycles. The summed E-state index contributed by atoms with van der Waals surface area (Å²) in [6.07, 6.45) is 65.0. The van der Waals surface area contributed by atoms with Gasteiger partial charge in [0.25, 0.3) is 0 Å². The van der Waals surface area contributed by atoms with Gasteiger partial charge >= 0.3 is 39.5 Å². The molecule has 0 saturated carbocycles. The first-order chi connectivity index (χ1) is 48.6. The summed E-state index contributed by atoms with van der Waals surface area (Å²) in [4.78, 5) is 73.0. The highest BCUT2D eigenvalue weighted by Crippen LogP contribution is 2.45. The number of phosphoric ester groups is 2. The molecule has 100 heavy (non-hydrogen) atoms. The van der Waals surface area contributed by atoms with Gasteiger partial charge in [-0.25, -0.2) is 9.13 Å². The smallest absolute Gasteiger partial charge is 0.462 e. The van der Waals surface area contributed by atoms with Crippen LogP contribution in [-0.2, 0) is 65.4 Å². The fourth-order valence-electron chi connectivity index (χ4n) is 12.6. The molecule has 0 aromatic heterocycles. The highest BCUT2D eigenvalue weighted by Gasteiger charge is 2.30. The molecule has 0 bridgehead atoms. The molecule has 594 valence electrons. The first kappa shape index (κ1) is 98.1. The Balaban J connectivity index is 5.24. The number of aliphatic hydroxyl groups excluding tert-OH is 1. The van der Waals surface area contributed by atoms with E-state index in [1.54, 1.807) is 0 Å². The van der Waals surface area contributed by atoms with Crippen molar-refractivity contribution in [2.45, 2.75) is 451 Å². The van der Waals surface area contributed by atoms with Gasteiger partial charge in [-0.05, 0) is 31.6 Å². The van der Waals surface area contributed by atoms with Crippen molar-refractivity contribution < 1.29 is 80.2 Å². The van der Waals surface area contributed by atoms with Crippen molar-refractivity contribution in [3.63, 3.8) is 0 Å². The molecule has 0 aliphatic rings. The maximum Gasteiger partial charge on any atom is 0.472 e. The van der Waals surface area contributed by atoms with Crippen LogP contribution in [0.25, 0.3) is 0 Å². The van der Waals surface area contributed by atoms with Gasteiger partial charge in [0.2, 0.25) is 0 Å². The number of ether oxygens (including phenoxy) is 4. The standard InChI is InChI=1S/C81H158O17P2/c1-6-10-13-16-19-22-25-28-29-30-31-32-36-41-45-50-55-60-65-79(84)92-71-77(98-81(86)67-62-57-52-47-42-37-34-33-35-38-43-48-53-58-63-74(5)9-4)73-96-100(89,90)94-69-75(82)68-93-99(87,88)95-72-76(97-80(85)66-61-56-51-46-40-27-24-21-18-15-12-8-3)70-91-78(83)64-59-54-49-44-39-26-23-20-17-14-11-7-2/h74-77,82H,6-73H2,1-5H3,(H,87,88)(H,89,90)/t74?,75-,76+,77+/m0/s1. The van der Waals surface area contributed by atoms with Crippen molar-refractivity contribution in [2.75, 3.05) is 39.6 Å². The quantitative estimate of drug-likeness (QED) is 0.0222. The van der Waals surface area contributed by atoms with Gasteiger partial charge < -0.3 is 33.8 Å². The number of carbonyl (C=O) groups excluding carboxylic acids is 4. The summed E-state index contributed by atoms with van der Waals surface area (Å²) >= 11 is 0. The zero-order valence-corrected chi connectivity index (χ0v) is 67.1. The largest absolute Gasteiger partial charge is 0.472 e. The van der Waals surface area contributed by atoms with Crippen molar-refractivity contribution in [1.29, 1.82) is 0 Å². The van der Waals surface area contributed by atoms with Crippen LogP contribution in [0.5, 0.6) is 0 Å². The molecule has 6 atom stereocenters. The minimum Gasteiger partial charge on any atom is -0.462 e. The molecule has 0 rings (SSSR count). The SMILES string of the molecule is CCCCCCCCCCCCCCCCCCCCC(=O)OC[C@H](COP(=O)(O)OC[C@@H](O)COP(=O)(O)OC[C@@H](COC(=O)CCCCCCCCCCCCCC)OC(=O)CCCCCCCCCCCCCC)OC(=O)CCCCCCCCCCCCCCCCC(C)CC. The van der Waals surface area contributed by atoms with E-state index >= 15 is 0 Å².